The van der Waals surface area contributed by atoms with E-state index in [4.69, 9.17) is 0 Å². The Bertz CT molecular complexity index is 558. The molecule has 1 N–H and O–H groups in total. The van der Waals surface area contributed by atoms with Gasteiger partial charge in [-0.1, -0.05) is 31.2 Å². The summed E-state index contributed by atoms with van der Waals surface area (Å²) in [6.07, 6.45) is 0. The fraction of sp³-hybridized carbons (Fsp3) is 0.294. The Morgan fingerprint density at radius 1 is 1.05 bits per heavy atom. The molecule has 0 aromatic heterocycles. The van der Waals surface area contributed by atoms with E-state index in [1.165, 1.54) is 22.8 Å². The maximum atomic E-state index is 13.4. The summed E-state index contributed by atoms with van der Waals surface area (Å²) in [5.74, 6) is -0.232. The highest BCUT2D eigenvalue weighted by Gasteiger charge is 2.15. The van der Waals surface area contributed by atoms with Crippen molar-refractivity contribution in [1.82, 2.24) is 5.32 Å². The summed E-state index contributed by atoms with van der Waals surface area (Å²) in [4.78, 5) is 0. The average molecular weight is 336 g/mol. The summed E-state index contributed by atoms with van der Waals surface area (Å²) < 4.78 is 13.9. The molecule has 0 saturated carbocycles. The van der Waals surface area contributed by atoms with Gasteiger partial charge in [-0.15, -0.1) is 0 Å². The second-order valence-electron chi connectivity index (χ2n) is 5.01. The second kappa shape index (κ2) is 6.51. The Morgan fingerprint density at radius 2 is 1.70 bits per heavy atom. The summed E-state index contributed by atoms with van der Waals surface area (Å²) in [7, 11) is 0. The number of halogens is 2. The SMILES string of the molecule is CCNC(c1ccc(C)c(C)c1)c1ccc(F)c(Br)c1. The molecule has 0 aliphatic rings. The number of nitrogens with one attached hydrogen (secondary N) is 1. The van der Waals surface area contributed by atoms with Crippen LogP contribution in [0.4, 0.5) is 4.39 Å². The first kappa shape index (κ1) is 15.2. The smallest absolute Gasteiger partial charge is 0.137 e. The molecule has 0 heterocycles. The van der Waals surface area contributed by atoms with Crippen molar-refractivity contribution >= 4 is 15.9 Å². The highest BCUT2D eigenvalue weighted by Crippen LogP contribution is 2.27. The van der Waals surface area contributed by atoms with Crippen LogP contribution in [-0.2, 0) is 0 Å². The number of hydrogen-bond donors (Lipinski definition) is 1. The third-order valence-electron chi connectivity index (χ3n) is 3.55. The Balaban J connectivity index is 2.44. The Labute approximate surface area is 128 Å². The first-order valence-corrected chi connectivity index (χ1v) is 7.57. The molecule has 0 bridgehead atoms. The number of benzene rings is 2. The van der Waals surface area contributed by atoms with Gasteiger partial charge in [0.2, 0.25) is 0 Å². The van der Waals surface area contributed by atoms with Crippen LogP contribution in [-0.4, -0.2) is 6.54 Å². The zero-order valence-corrected chi connectivity index (χ0v) is 13.6. The van der Waals surface area contributed by atoms with Gasteiger partial charge in [0.25, 0.3) is 0 Å². The van der Waals surface area contributed by atoms with Crippen molar-refractivity contribution < 1.29 is 4.39 Å². The zero-order chi connectivity index (χ0) is 14.7. The van der Waals surface area contributed by atoms with Crippen LogP contribution in [0.5, 0.6) is 0 Å². The van der Waals surface area contributed by atoms with Gasteiger partial charge >= 0.3 is 0 Å². The summed E-state index contributed by atoms with van der Waals surface area (Å²) >= 11 is 3.26. The largest absolute Gasteiger partial charge is 0.307 e. The van der Waals surface area contributed by atoms with Crippen LogP contribution in [0.3, 0.4) is 0 Å². The van der Waals surface area contributed by atoms with Crippen molar-refractivity contribution in [2.24, 2.45) is 0 Å². The van der Waals surface area contributed by atoms with E-state index in [2.05, 4.69) is 60.2 Å². The lowest BCUT2D eigenvalue weighted by molar-refractivity contribution is 0.608. The lowest BCUT2D eigenvalue weighted by Gasteiger charge is -2.20. The van der Waals surface area contributed by atoms with E-state index in [0.29, 0.717) is 4.47 Å². The summed E-state index contributed by atoms with van der Waals surface area (Å²) in [5.41, 5.74) is 4.81. The van der Waals surface area contributed by atoms with Gasteiger partial charge in [-0.05, 0) is 70.7 Å². The molecule has 0 aliphatic heterocycles. The maximum absolute atomic E-state index is 13.4. The molecule has 0 saturated heterocycles. The van der Waals surface area contributed by atoms with Crippen LogP contribution in [0.15, 0.2) is 40.9 Å². The van der Waals surface area contributed by atoms with Gasteiger partial charge in [-0.3, -0.25) is 0 Å². The van der Waals surface area contributed by atoms with Gasteiger partial charge in [0, 0.05) is 0 Å². The van der Waals surface area contributed by atoms with E-state index in [0.717, 1.165) is 12.1 Å². The molecule has 0 amide bonds. The highest BCUT2D eigenvalue weighted by atomic mass is 79.9. The molecule has 1 atom stereocenters. The molecular weight excluding hydrogens is 317 g/mol. The van der Waals surface area contributed by atoms with E-state index in [1.54, 1.807) is 0 Å². The molecule has 0 aliphatic carbocycles. The standard InChI is InChI=1S/C17H19BrFN/c1-4-20-17(13-6-5-11(2)12(3)9-13)14-7-8-16(19)15(18)10-14/h5-10,17,20H,4H2,1-3H3. The van der Waals surface area contributed by atoms with Crippen LogP contribution in [0.1, 0.15) is 35.2 Å². The van der Waals surface area contributed by atoms with E-state index < -0.39 is 0 Å². The molecule has 3 heteroatoms. The number of hydrogen-bond acceptors (Lipinski definition) is 1. The molecule has 1 unspecified atom stereocenters. The minimum Gasteiger partial charge on any atom is -0.307 e. The Hall–Kier alpha value is -1.19. The van der Waals surface area contributed by atoms with E-state index in [9.17, 15) is 4.39 Å². The second-order valence-corrected chi connectivity index (χ2v) is 5.86. The van der Waals surface area contributed by atoms with Crippen molar-refractivity contribution in [2.75, 3.05) is 6.54 Å². The van der Waals surface area contributed by atoms with Gasteiger partial charge < -0.3 is 5.32 Å². The first-order chi connectivity index (χ1) is 9.52. The van der Waals surface area contributed by atoms with Crippen LogP contribution in [0, 0.1) is 19.7 Å². The van der Waals surface area contributed by atoms with E-state index in [-0.39, 0.29) is 11.9 Å². The van der Waals surface area contributed by atoms with Gasteiger partial charge in [0.15, 0.2) is 0 Å². The van der Waals surface area contributed by atoms with E-state index in [1.807, 2.05) is 12.1 Å². The fourth-order valence-electron chi connectivity index (χ4n) is 2.27. The zero-order valence-electron chi connectivity index (χ0n) is 12.0. The molecule has 2 aromatic rings. The summed E-state index contributed by atoms with van der Waals surface area (Å²) in [6, 6.07) is 11.7. The summed E-state index contributed by atoms with van der Waals surface area (Å²) in [6.45, 7) is 7.15. The van der Waals surface area contributed by atoms with Crippen molar-refractivity contribution in [3.05, 3.63) is 68.9 Å². The quantitative estimate of drug-likeness (QED) is 0.837. The van der Waals surface area contributed by atoms with Gasteiger partial charge in [-0.25, -0.2) is 4.39 Å². The molecule has 20 heavy (non-hydrogen) atoms. The highest BCUT2D eigenvalue weighted by molar-refractivity contribution is 9.10. The third kappa shape index (κ3) is 3.28. The normalized spacial score (nSPS) is 12.4. The van der Waals surface area contributed by atoms with Crippen LogP contribution in [0.25, 0.3) is 0 Å². The van der Waals surface area contributed by atoms with Crippen LogP contribution in [0.2, 0.25) is 0 Å². The molecule has 1 nitrogen and oxygen atoms in total. The number of aryl methyl sites for hydroxylation is 2. The maximum Gasteiger partial charge on any atom is 0.137 e. The third-order valence-corrected chi connectivity index (χ3v) is 4.16. The minimum atomic E-state index is -0.232. The number of rotatable bonds is 4. The molecule has 2 rings (SSSR count). The fourth-order valence-corrected chi connectivity index (χ4v) is 2.66. The Kier molecular flexibility index (Phi) is 4.95. The average Bonchev–Trinajstić information content (AvgIpc) is 2.43. The lowest BCUT2D eigenvalue weighted by atomic mass is 9.95. The monoisotopic (exact) mass is 335 g/mol. The molecule has 0 fully saturated rings. The Morgan fingerprint density at radius 3 is 2.30 bits per heavy atom. The first-order valence-electron chi connectivity index (χ1n) is 6.78. The summed E-state index contributed by atoms with van der Waals surface area (Å²) in [5, 5.41) is 3.47. The molecule has 106 valence electrons. The topological polar surface area (TPSA) is 12.0 Å². The molecule has 0 spiro atoms. The predicted molar refractivity (Wildman–Crippen MR) is 85.5 cm³/mol. The minimum absolute atomic E-state index is 0.0798. The van der Waals surface area contributed by atoms with Crippen molar-refractivity contribution in [3.63, 3.8) is 0 Å². The molecule has 0 radical (unpaired) electrons. The molecule has 2 aromatic carbocycles. The van der Waals surface area contributed by atoms with Crippen molar-refractivity contribution in [2.45, 2.75) is 26.8 Å². The lowest BCUT2D eigenvalue weighted by Crippen LogP contribution is -2.22. The van der Waals surface area contributed by atoms with Gasteiger partial charge in [0.1, 0.15) is 5.82 Å². The van der Waals surface area contributed by atoms with Crippen LogP contribution < -0.4 is 5.32 Å². The van der Waals surface area contributed by atoms with Gasteiger partial charge in [0.05, 0.1) is 10.5 Å². The van der Waals surface area contributed by atoms with E-state index >= 15 is 0 Å². The van der Waals surface area contributed by atoms with Gasteiger partial charge in [-0.2, -0.15) is 0 Å². The van der Waals surface area contributed by atoms with Crippen molar-refractivity contribution in [3.8, 4) is 0 Å². The van der Waals surface area contributed by atoms with Crippen molar-refractivity contribution in [1.29, 1.82) is 0 Å². The van der Waals surface area contributed by atoms with Crippen LogP contribution >= 0.6 is 15.9 Å². The predicted octanol–water partition coefficient (Wildman–Crippen LogP) is 4.90. The molecular formula is C17H19BrFN.